The van der Waals surface area contributed by atoms with Gasteiger partial charge in [0.15, 0.2) is 5.13 Å². The molecule has 0 radical (unpaired) electrons. The monoisotopic (exact) mass is 365 g/mol. The van der Waals surface area contributed by atoms with Gasteiger partial charge in [-0.3, -0.25) is 4.79 Å². The number of rotatable bonds is 5. The first-order valence-electron chi connectivity index (χ1n) is 7.71. The molecule has 0 saturated carbocycles. The lowest BCUT2D eigenvalue weighted by molar-refractivity contribution is -0.116. The standard InChI is InChI=1S/C17H20FN3O3S/c1-17(2,3)24-16(23)19-8-7-14(22)21-15-20-13(10-25-15)11-5-4-6-12(18)9-11/h4-6,9-10H,7-8H2,1-3H3,(H,19,23)(H,20,21,22). The van der Waals surface area contributed by atoms with Crippen molar-refractivity contribution in [2.24, 2.45) is 0 Å². The van der Waals surface area contributed by atoms with Gasteiger partial charge in [-0.25, -0.2) is 14.2 Å². The average molecular weight is 365 g/mol. The molecular formula is C17H20FN3O3S. The molecule has 0 aliphatic rings. The molecule has 0 bridgehead atoms. The van der Waals surface area contributed by atoms with Crippen molar-refractivity contribution in [2.75, 3.05) is 11.9 Å². The van der Waals surface area contributed by atoms with Gasteiger partial charge in [0.05, 0.1) is 5.69 Å². The normalized spacial score (nSPS) is 11.0. The number of halogens is 1. The summed E-state index contributed by atoms with van der Waals surface area (Å²) in [6.07, 6.45) is -0.475. The van der Waals surface area contributed by atoms with E-state index in [-0.39, 0.29) is 24.7 Å². The summed E-state index contributed by atoms with van der Waals surface area (Å²) in [5, 5.41) is 7.32. The van der Waals surface area contributed by atoms with Gasteiger partial charge in [0, 0.05) is 23.9 Å². The van der Waals surface area contributed by atoms with Crippen LogP contribution in [-0.4, -0.2) is 29.1 Å². The van der Waals surface area contributed by atoms with Gasteiger partial charge in [0.25, 0.3) is 0 Å². The topological polar surface area (TPSA) is 80.3 Å². The fourth-order valence-electron chi connectivity index (χ4n) is 1.89. The van der Waals surface area contributed by atoms with E-state index >= 15 is 0 Å². The molecule has 6 nitrogen and oxygen atoms in total. The van der Waals surface area contributed by atoms with E-state index in [1.54, 1.807) is 38.3 Å². The van der Waals surface area contributed by atoms with Crippen LogP contribution in [0, 0.1) is 5.82 Å². The predicted octanol–water partition coefficient (Wildman–Crippen LogP) is 3.80. The van der Waals surface area contributed by atoms with Gasteiger partial charge in [-0.1, -0.05) is 12.1 Å². The number of anilines is 1. The molecule has 1 aromatic carbocycles. The molecular weight excluding hydrogens is 345 g/mol. The van der Waals surface area contributed by atoms with E-state index in [2.05, 4.69) is 15.6 Å². The second kappa shape index (κ2) is 8.06. The Labute approximate surface area is 149 Å². The van der Waals surface area contributed by atoms with E-state index in [1.807, 2.05) is 0 Å². The number of thiazole rings is 1. The SMILES string of the molecule is CC(C)(C)OC(=O)NCCC(=O)Nc1nc(-c2cccc(F)c2)cs1. The quantitative estimate of drug-likeness (QED) is 0.844. The molecule has 0 saturated heterocycles. The number of hydrogen-bond acceptors (Lipinski definition) is 5. The third-order valence-corrected chi connectivity index (χ3v) is 3.65. The summed E-state index contributed by atoms with van der Waals surface area (Å²) in [5.74, 6) is -0.625. The molecule has 0 aliphatic carbocycles. The molecule has 2 amide bonds. The minimum absolute atomic E-state index is 0.0914. The van der Waals surface area contributed by atoms with Crippen LogP contribution in [0.15, 0.2) is 29.6 Å². The van der Waals surface area contributed by atoms with Crippen LogP contribution in [-0.2, 0) is 9.53 Å². The summed E-state index contributed by atoms with van der Waals surface area (Å²) >= 11 is 1.25. The molecule has 0 fully saturated rings. The Balaban J connectivity index is 1.81. The third kappa shape index (κ3) is 6.50. The number of nitrogens with zero attached hydrogens (tertiary/aromatic N) is 1. The number of alkyl carbamates (subject to hydrolysis) is 1. The summed E-state index contributed by atoms with van der Waals surface area (Å²) in [7, 11) is 0. The molecule has 0 unspecified atom stereocenters. The summed E-state index contributed by atoms with van der Waals surface area (Å²) in [6.45, 7) is 5.44. The number of benzene rings is 1. The second-order valence-corrected chi connectivity index (χ2v) is 7.13. The largest absolute Gasteiger partial charge is 0.444 e. The first-order valence-corrected chi connectivity index (χ1v) is 8.59. The van der Waals surface area contributed by atoms with Gasteiger partial charge in [-0.2, -0.15) is 0 Å². The summed E-state index contributed by atoms with van der Waals surface area (Å²) in [5.41, 5.74) is 0.649. The van der Waals surface area contributed by atoms with Crippen molar-refractivity contribution in [3.63, 3.8) is 0 Å². The Hall–Kier alpha value is -2.48. The number of carbonyl (C=O) groups excluding carboxylic acids is 2. The number of hydrogen-bond donors (Lipinski definition) is 2. The molecule has 25 heavy (non-hydrogen) atoms. The van der Waals surface area contributed by atoms with Crippen LogP contribution in [0.2, 0.25) is 0 Å². The Kier molecular flexibility index (Phi) is 6.08. The first kappa shape index (κ1) is 18.9. The van der Waals surface area contributed by atoms with Crippen molar-refractivity contribution in [3.8, 4) is 11.3 Å². The van der Waals surface area contributed by atoms with Crippen molar-refractivity contribution < 1.29 is 18.7 Å². The maximum Gasteiger partial charge on any atom is 0.407 e. The fourth-order valence-corrected chi connectivity index (χ4v) is 2.62. The van der Waals surface area contributed by atoms with Crippen molar-refractivity contribution in [1.82, 2.24) is 10.3 Å². The van der Waals surface area contributed by atoms with Gasteiger partial charge in [0.1, 0.15) is 11.4 Å². The maximum absolute atomic E-state index is 13.2. The Bertz CT molecular complexity index is 756. The van der Waals surface area contributed by atoms with E-state index in [9.17, 15) is 14.0 Å². The third-order valence-electron chi connectivity index (χ3n) is 2.89. The van der Waals surface area contributed by atoms with Crippen molar-refractivity contribution in [1.29, 1.82) is 0 Å². The highest BCUT2D eigenvalue weighted by molar-refractivity contribution is 7.14. The molecule has 0 spiro atoms. The number of nitrogens with one attached hydrogen (secondary N) is 2. The van der Waals surface area contributed by atoms with E-state index < -0.39 is 11.7 Å². The van der Waals surface area contributed by atoms with Gasteiger partial charge >= 0.3 is 6.09 Å². The Morgan fingerprint density at radius 2 is 2.08 bits per heavy atom. The zero-order chi connectivity index (χ0) is 18.4. The van der Waals surface area contributed by atoms with Gasteiger partial charge in [-0.15, -0.1) is 11.3 Å². The number of ether oxygens (including phenoxy) is 1. The van der Waals surface area contributed by atoms with Gasteiger partial charge < -0.3 is 15.4 Å². The lowest BCUT2D eigenvalue weighted by Crippen LogP contribution is -2.34. The van der Waals surface area contributed by atoms with Gasteiger partial charge in [-0.05, 0) is 32.9 Å². The van der Waals surface area contributed by atoms with E-state index in [1.165, 1.54) is 23.5 Å². The lowest BCUT2D eigenvalue weighted by atomic mass is 10.2. The predicted molar refractivity (Wildman–Crippen MR) is 95.0 cm³/mol. The van der Waals surface area contributed by atoms with Crippen LogP contribution in [0.3, 0.4) is 0 Å². The highest BCUT2D eigenvalue weighted by Crippen LogP contribution is 2.25. The highest BCUT2D eigenvalue weighted by atomic mass is 32.1. The van der Waals surface area contributed by atoms with Crippen molar-refractivity contribution in [2.45, 2.75) is 32.8 Å². The maximum atomic E-state index is 13.2. The van der Waals surface area contributed by atoms with E-state index in [4.69, 9.17) is 4.74 Å². The Morgan fingerprint density at radius 3 is 2.76 bits per heavy atom. The summed E-state index contributed by atoms with van der Waals surface area (Å²) < 4.78 is 18.3. The molecule has 0 atom stereocenters. The van der Waals surface area contributed by atoms with E-state index in [0.717, 1.165) is 0 Å². The van der Waals surface area contributed by atoms with Crippen LogP contribution in [0.1, 0.15) is 27.2 Å². The smallest absolute Gasteiger partial charge is 0.407 e. The second-order valence-electron chi connectivity index (χ2n) is 6.28. The molecule has 1 aromatic heterocycles. The van der Waals surface area contributed by atoms with Gasteiger partial charge in [0.2, 0.25) is 5.91 Å². The molecule has 2 N–H and O–H groups in total. The number of amides is 2. The van der Waals surface area contributed by atoms with Crippen LogP contribution >= 0.6 is 11.3 Å². The molecule has 8 heteroatoms. The number of carbonyl (C=O) groups is 2. The molecule has 2 rings (SSSR count). The average Bonchev–Trinajstić information content (AvgIpc) is 2.93. The minimum Gasteiger partial charge on any atom is -0.444 e. The van der Waals surface area contributed by atoms with Crippen LogP contribution in [0.4, 0.5) is 14.3 Å². The first-order chi connectivity index (χ1) is 11.7. The molecule has 0 aliphatic heterocycles. The zero-order valence-corrected chi connectivity index (χ0v) is 15.1. The van der Waals surface area contributed by atoms with Crippen molar-refractivity contribution >= 4 is 28.5 Å². The van der Waals surface area contributed by atoms with E-state index in [0.29, 0.717) is 16.4 Å². The summed E-state index contributed by atoms with van der Waals surface area (Å²) in [4.78, 5) is 27.6. The Morgan fingerprint density at radius 1 is 1.32 bits per heavy atom. The van der Waals surface area contributed by atoms with Crippen LogP contribution in [0.5, 0.6) is 0 Å². The minimum atomic E-state index is -0.583. The van der Waals surface area contributed by atoms with Crippen LogP contribution in [0.25, 0.3) is 11.3 Å². The highest BCUT2D eigenvalue weighted by Gasteiger charge is 2.16. The number of aromatic nitrogens is 1. The molecule has 134 valence electrons. The lowest BCUT2D eigenvalue weighted by Gasteiger charge is -2.19. The molecule has 2 aromatic rings. The molecule has 1 heterocycles. The van der Waals surface area contributed by atoms with Crippen LogP contribution < -0.4 is 10.6 Å². The summed E-state index contributed by atoms with van der Waals surface area (Å²) in [6, 6.07) is 6.08. The zero-order valence-electron chi connectivity index (χ0n) is 14.3. The van der Waals surface area contributed by atoms with Crippen molar-refractivity contribution in [3.05, 3.63) is 35.5 Å². The fraction of sp³-hybridized carbons (Fsp3) is 0.353.